The Balaban J connectivity index is 2.52. The molecule has 0 aliphatic carbocycles. The summed E-state index contributed by atoms with van der Waals surface area (Å²) in [6.45, 7) is 1.70. The first-order chi connectivity index (χ1) is 8.52. The van der Waals surface area contributed by atoms with Gasteiger partial charge in [0, 0.05) is 17.5 Å². The lowest BCUT2D eigenvalue weighted by Gasteiger charge is -2.01. The van der Waals surface area contributed by atoms with E-state index < -0.39 is 11.1 Å². The number of nitrogens with zero attached hydrogens (tertiary/aromatic N) is 1. The second-order valence-corrected chi connectivity index (χ2v) is 3.62. The topological polar surface area (TPSA) is 94.5 Å². The molecule has 0 aliphatic heterocycles. The number of carbonyl (C=O) groups is 1. The van der Waals surface area contributed by atoms with Gasteiger partial charge in [0.1, 0.15) is 0 Å². The van der Waals surface area contributed by atoms with E-state index in [4.69, 9.17) is 4.74 Å². The number of hydrogen-bond acceptors (Lipinski definition) is 5. The fourth-order valence-corrected chi connectivity index (χ4v) is 1.66. The second kappa shape index (κ2) is 4.36. The van der Waals surface area contributed by atoms with Gasteiger partial charge in [-0.05, 0) is 13.0 Å². The number of carbonyl (C=O) groups excluding carboxylic acids is 1. The van der Waals surface area contributed by atoms with Crippen molar-refractivity contribution in [1.82, 2.24) is 4.98 Å². The van der Waals surface area contributed by atoms with Crippen LogP contribution in [0.15, 0.2) is 18.2 Å². The number of nitro benzene ring substituents is 1. The predicted molar refractivity (Wildman–Crippen MR) is 62.7 cm³/mol. The molecule has 0 spiro atoms. The lowest BCUT2D eigenvalue weighted by molar-refractivity contribution is -0.384. The van der Waals surface area contributed by atoms with Crippen molar-refractivity contribution in [3.05, 3.63) is 34.0 Å². The van der Waals surface area contributed by atoms with Gasteiger partial charge in [-0.15, -0.1) is 0 Å². The van der Waals surface area contributed by atoms with E-state index in [2.05, 4.69) is 9.72 Å². The predicted octanol–water partition coefficient (Wildman–Crippen LogP) is 2.53. The molecule has 7 nitrogen and oxygen atoms in total. The SMILES string of the molecule is COC(=O)Oc1c(C)[nH]c2cc([N+](=O)[O-])ccc12. The molecule has 0 radical (unpaired) electrons. The van der Waals surface area contributed by atoms with Crippen molar-refractivity contribution in [2.24, 2.45) is 0 Å². The Labute approximate surface area is 101 Å². The highest BCUT2D eigenvalue weighted by Gasteiger charge is 2.16. The minimum atomic E-state index is -0.836. The van der Waals surface area contributed by atoms with E-state index in [-0.39, 0.29) is 5.69 Å². The minimum Gasteiger partial charge on any atom is -0.437 e. The molecule has 1 aromatic carbocycles. The van der Waals surface area contributed by atoms with Gasteiger partial charge >= 0.3 is 6.16 Å². The van der Waals surface area contributed by atoms with Crippen molar-refractivity contribution in [2.75, 3.05) is 7.11 Å². The van der Waals surface area contributed by atoms with Crippen LogP contribution in [-0.2, 0) is 4.74 Å². The third-order valence-corrected chi connectivity index (χ3v) is 2.47. The van der Waals surface area contributed by atoms with Crippen molar-refractivity contribution in [2.45, 2.75) is 6.92 Å². The molecule has 7 heteroatoms. The van der Waals surface area contributed by atoms with E-state index in [0.29, 0.717) is 22.3 Å². The summed E-state index contributed by atoms with van der Waals surface area (Å²) in [5.74, 6) is 0.312. The van der Waals surface area contributed by atoms with Gasteiger partial charge in [0.2, 0.25) is 0 Å². The Bertz CT molecular complexity index is 632. The van der Waals surface area contributed by atoms with Gasteiger partial charge in [0.25, 0.3) is 5.69 Å². The molecule has 0 saturated heterocycles. The number of hydrogen-bond donors (Lipinski definition) is 1. The van der Waals surface area contributed by atoms with Gasteiger partial charge in [-0.1, -0.05) is 0 Å². The average molecular weight is 250 g/mol. The number of nitro groups is 1. The number of H-pyrrole nitrogens is 1. The van der Waals surface area contributed by atoms with Crippen LogP contribution in [-0.4, -0.2) is 23.2 Å². The number of aromatic amines is 1. The number of ether oxygens (including phenoxy) is 2. The molecule has 0 unspecified atom stereocenters. The highest BCUT2D eigenvalue weighted by molar-refractivity contribution is 5.90. The highest BCUT2D eigenvalue weighted by atomic mass is 16.7. The highest BCUT2D eigenvalue weighted by Crippen LogP contribution is 2.32. The molecule has 0 bridgehead atoms. The van der Waals surface area contributed by atoms with Crippen molar-refractivity contribution in [1.29, 1.82) is 0 Å². The zero-order chi connectivity index (χ0) is 13.3. The first-order valence-electron chi connectivity index (χ1n) is 5.05. The molecule has 0 aliphatic rings. The quantitative estimate of drug-likeness (QED) is 0.502. The summed E-state index contributed by atoms with van der Waals surface area (Å²) in [5, 5.41) is 11.2. The van der Waals surface area contributed by atoms with Gasteiger partial charge in [0.15, 0.2) is 5.75 Å². The Morgan fingerprint density at radius 1 is 1.44 bits per heavy atom. The van der Waals surface area contributed by atoms with Crippen LogP contribution in [0.4, 0.5) is 10.5 Å². The van der Waals surface area contributed by atoms with Crippen LogP contribution in [0.1, 0.15) is 5.69 Å². The summed E-state index contributed by atoms with van der Waals surface area (Å²) < 4.78 is 9.39. The van der Waals surface area contributed by atoms with Crippen LogP contribution in [0.3, 0.4) is 0 Å². The van der Waals surface area contributed by atoms with Gasteiger partial charge in [0.05, 0.1) is 23.2 Å². The third-order valence-electron chi connectivity index (χ3n) is 2.47. The van der Waals surface area contributed by atoms with Gasteiger partial charge in [-0.25, -0.2) is 4.79 Å². The van der Waals surface area contributed by atoms with Crippen LogP contribution in [0.5, 0.6) is 5.75 Å². The minimum absolute atomic E-state index is 0.0339. The monoisotopic (exact) mass is 250 g/mol. The summed E-state index contributed by atoms with van der Waals surface area (Å²) >= 11 is 0. The summed E-state index contributed by atoms with van der Waals surface area (Å²) in [7, 11) is 1.21. The number of benzene rings is 1. The van der Waals surface area contributed by atoms with E-state index >= 15 is 0 Å². The lowest BCUT2D eigenvalue weighted by atomic mass is 10.2. The molecule has 1 aromatic heterocycles. The number of fused-ring (bicyclic) bond motifs is 1. The zero-order valence-electron chi connectivity index (χ0n) is 9.72. The lowest BCUT2D eigenvalue weighted by Crippen LogP contribution is -2.07. The molecule has 2 rings (SSSR count). The molecule has 0 amide bonds. The van der Waals surface area contributed by atoms with E-state index in [1.54, 1.807) is 6.92 Å². The van der Waals surface area contributed by atoms with Crippen molar-refractivity contribution in [3.8, 4) is 5.75 Å². The molecule has 0 saturated carbocycles. The normalized spacial score (nSPS) is 10.3. The van der Waals surface area contributed by atoms with E-state index in [0.717, 1.165) is 0 Å². The Morgan fingerprint density at radius 3 is 2.78 bits per heavy atom. The van der Waals surface area contributed by atoms with E-state index in [9.17, 15) is 14.9 Å². The van der Waals surface area contributed by atoms with Crippen LogP contribution in [0.2, 0.25) is 0 Å². The smallest absolute Gasteiger partial charge is 0.437 e. The van der Waals surface area contributed by atoms with E-state index in [1.165, 1.54) is 25.3 Å². The number of non-ortho nitro benzene ring substituents is 1. The molecule has 1 heterocycles. The van der Waals surface area contributed by atoms with Gasteiger partial charge < -0.3 is 14.5 Å². The number of aryl methyl sites for hydroxylation is 1. The largest absolute Gasteiger partial charge is 0.513 e. The Morgan fingerprint density at radius 2 is 2.17 bits per heavy atom. The number of nitrogens with one attached hydrogen (secondary N) is 1. The first kappa shape index (κ1) is 11.9. The van der Waals surface area contributed by atoms with Crippen molar-refractivity contribution in [3.63, 3.8) is 0 Å². The standard InChI is InChI=1S/C11H10N2O5/c1-6-10(18-11(14)17-2)8-4-3-7(13(15)16)5-9(8)12-6/h3-5,12H,1-2H3. The first-order valence-corrected chi connectivity index (χ1v) is 5.05. The summed E-state index contributed by atoms with van der Waals surface area (Å²) in [4.78, 5) is 24.2. The summed E-state index contributed by atoms with van der Waals surface area (Å²) in [6, 6.07) is 4.25. The van der Waals surface area contributed by atoms with Crippen molar-refractivity contribution < 1.29 is 19.2 Å². The zero-order valence-corrected chi connectivity index (χ0v) is 9.72. The molecular formula is C11H10N2O5. The fourth-order valence-electron chi connectivity index (χ4n) is 1.66. The fraction of sp³-hybridized carbons (Fsp3) is 0.182. The van der Waals surface area contributed by atoms with Gasteiger partial charge in [-0.3, -0.25) is 10.1 Å². The Hall–Kier alpha value is -2.57. The molecular weight excluding hydrogens is 240 g/mol. The molecule has 0 atom stereocenters. The average Bonchev–Trinajstić information content (AvgIpc) is 2.64. The second-order valence-electron chi connectivity index (χ2n) is 3.62. The van der Waals surface area contributed by atoms with Crippen LogP contribution in [0.25, 0.3) is 10.9 Å². The maximum absolute atomic E-state index is 11.1. The number of methoxy groups -OCH3 is 1. The van der Waals surface area contributed by atoms with E-state index in [1.807, 2.05) is 0 Å². The maximum atomic E-state index is 11.1. The van der Waals surface area contributed by atoms with Crippen LogP contribution in [0, 0.1) is 17.0 Å². The molecule has 1 N–H and O–H groups in total. The van der Waals surface area contributed by atoms with Gasteiger partial charge in [-0.2, -0.15) is 0 Å². The molecule has 0 fully saturated rings. The third kappa shape index (κ3) is 1.97. The van der Waals surface area contributed by atoms with Crippen LogP contribution < -0.4 is 4.74 Å². The number of aromatic nitrogens is 1. The Kier molecular flexibility index (Phi) is 2.88. The molecule has 2 aromatic rings. The number of rotatable bonds is 2. The summed E-state index contributed by atoms with van der Waals surface area (Å²) in [5.41, 5.74) is 1.09. The molecule has 18 heavy (non-hydrogen) atoms. The molecule has 94 valence electrons. The van der Waals surface area contributed by atoms with Crippen molar-refractivity contribution >= 4 is 22.7 Å². The summed E-state index contributed by atoms with van der Waals surface area (Å²) in [6.07, 6.45) is -0.836. The van der Waals surface area contributed by atoms with Crippen LogP contribution >= 0.6 is 0 Å². The maximum Gasteiger partial charge on any atom is 0.513 e.